The molecule has 3 rings (SSSR count). The molecule has 5 nitrogen and oxygen atoms in total. The minimum Gasteiger partial charge on any atom is -0.338 e. The van der Waals surface area contributed by atoms with E-state index in [1.807, 2.05) is 16.7 Å². The molecule has 3 aromatic rings. The van der Waals surface area contributed by atoms with E-state index in [0.717, 1.165) is 29.2 Å². The predicted molar refractivity (Wildman–Crippen MR) is 75.5 cm³/mol. The molecule has 1 N–H and O–H groups in total. The van der Waals surface area contributed by atoms with Gasteiger partial charge in [-0.25, -0.2) is 15.0 Å². The van der Waals surface area contributed by atoms with Crippen molar-refractivity contribution >= 4 is 22.7 Å². The molecular weight excluding hydrogens is 238 g/mol. The average Bonchev–Trinajstić information content (AvgIpc) is 2.85. The Kier molecular flexibility index (Phi) is 2.87. The third kappa shape index (κ3) is 2.14. The molecule has 0 aliphatic heterocycles. The first kappa shape index (κ1) is 11.6. The Balaban J connectivity index is 2.01. The van der Waals surface area contributed by atoms with Crippen LogP contribution in [0.1, 0.15) is 12.5 Å². The third-order valence-corrected chi connectivity index (χ3v) is 3.06. The summed E-state index contributed by atoms with van der Waals surface area (Å²) in [6.45, 7) is 4.98. The molecule has 19 heavy (non-hydrogen) atoms. The molecule has 0 spiro atoms. The van der Waals surface area contributed by atoms with Crippen molar-refractivity contribution in [1.82, 2.24) is 19.5 Å². The zero-order chi connectivity index (χ0) is 13.2. The number of nitrogens with zero attached hydrogens (tertiary/aromatic N) is 4. The van der Waals surface area contributed by atoms with E-state index in [1.54, 1.807) is 12.7 Å². The van der Waals surface area contributed by atoms with Crippen molar-refractivity contribution in [2.45, 2.75) is 20.4 Å². The monoisotopic (exact) mass is 253 g/mol. The van der Waals surface area contributed by atoms with Crippen molar-refractivity contribution in [1.29, 1.82) is 0 Å². The molecule has 0 fully saturated rings. The van der Waals surface area contributed by atoms with Gasteiger partial charge in [-0.05, 0) is 26.0 Å². The summed E-state index contributed by atoms with van der Waals surface area (Å²) >= 11 is 0. The van der Waals surface area contributed by atoms with Gasteiger partial charge >= 0.3 is 0 Å². The fourth-order valence-corrected chi connectivity index (χ4v) is 1.98. The maximum absolute atomic E-state index is 4.38. The molecule has 0 aliphatic carbocycles. The fourth-order valence-electron chi connectivity index (χ4n) is 1.98. The summed E-state index contributed by atoms with van der Waals surface area (Å²) in [6.07, 6.45) is 3.35. The number of nitrogens with one attached hydrogen (secondary N) is 1. The number of hydrogen-bond donors (Lipinski definition) is 1. The van der Waals surface area contributed by atoms with Gasteiger partial charge in [0.2, 0.25) is 0 Å². The Labute approximate surface area is 111 Å². The SMILES string of the molecule is CCn1cnc2c(Nc3ccc(C)cc3)ncnc21. The number of hydrogen-bond acceptors (Lipinski definition) is 4. The average molecular weight is 253 g/mol. The Hall–Kier alpha value is -2.43. The summed E-state index contributed by atoms with van der Waals surface area (Å²) in [6, 6.07) is 8.18. The van der Waals surface area contributed by atoms with E-state index in [9.17, 15) is 0 Å². The van der Waals surface area contributed by atoms with E-state index in [4.69, 9.17) is 0 Å². The number of imidazole rings is 1. The lowest BCUT2D eigenvalue weighted by molar-refractivity contribution is 0.777. The van der Waals surface area contributed by atoms with Crippen molar-refractivity contribution in [2.24, 2.45) is 0 Å². The van der Waals surface area contributed by atoms with Gasteiger partial charge in [0.25, 0.3) is 0 Å². The van der Waals surface area contributed by atoms with Gasteiger partial charge in [-0.1, -0.05) is 17.7 Å². The van der Waals surface area contributed by atoms with Crippen molar-refractivity contribution in [3.05, 3.63) is 42.5 Å². The first-order valence-corrected chi connectivity index (χ1v) is 6.27. The Morgan fingerprint density at radius 1 is 1.11 bits per heavy atom. The maximum atomic E-state index is 4.38. The van der Waals surface area contributed by atoms with Crippen LogP contribution in [0.25, 0.3) is 11.2 Å². The van der Waals surface area contributed by atoms with Crippen LogP contribution in [0.5, 0.6) is 0 Å². The minimum atomic E-state index is 0.737. The molecule has 2 aromatic heterocycles. The summed E-state index contributed by atoms with van der Waals surface area (Å²) < 4.78 is 2.00. The Morgan fingerprint density at radius 3 is 2.63 bits per heavy atom. The highest BCUT2D eigenvalue weighted by atomic mass is 15.1. The quantitative estimate of drug-likeness (QED) is 0.779. The second-order valence-corrected chi connectivity index (χ2v) is 4.42. The van der Waals surface area contributed by atoms with Gasteiger partial charge in [0.05, 0.1) is 6.33 Å². The number of benzene rings is 1. The number of fused-ring (bicyclic) bond motifs is 1. The largest absolute Gasteiger partial charge is 0.338 e. The summed E-state index contributed by atoms with van der Waals surface area (Å²) in [5, 5.41) is 3.28. The fraction of sp³-hybridized carbons (Fsp3) is 0.214. The minimum absolute atomic E-state index is 0.737. The third-order valence-electron chi connectivity index (χ3n) is 3.06. The van der Waals surface area contributed by atoms with Crippen molar-refractivity contribution in [2.75, 3.05) is 5.32 Å². The smallest absolute Gasteiger partial charge is 0.165 e. The summed E-state index contributed by atoms with van der Waals surface area (Å²) in [5.74, 6) is 0.737. The highest BCUT2D eigenvalue weighted by molar-refractivity contribution is 5.85. The standard InChI is InChI=1S/C14H15N5/c1-3-19-9-17-12-13(15-8-16-14(12)19)18-11-6-4-10(2)5-7-11/h4-9H,3H2,1-2H3,(H,15,16,18). The van der Waals surface area contributed by atoms with Gasteiger partial charge < -0.3 is 9.88 Å². The molecule has 1 aromatic carbocycles. The van der Waals surface area contributed by atoms with Crippen LogP contribution in [0.4, 0.5) is 11.5 Å². The van der Waals surface area contributed by atoms with E-state index in [2.05, 4.69) is 46.2 Å². The first-order chi connectivity index (χ1) is 9.28. The molecule has 0 atom stereocenters. The Morgan fingerprint density at radius 2 is 1.89 bits per heavy atom. The maximum Gasteiger partial charge on any atom is 0.165 e. The topological polar surface area (TPSA) is 55.6 Å². The molecule has 0 saturated carbocycles. The number of anilines is 2. The van der Waals surface area contributed by atoms with E-state index >= 15 is 0 Å². The summed E-state index contributed by atoms with van der Waals surface area (Å²) in [7, 11) is 0. The van der Waals surface area contributed by atoms with Crippen LogP contribution in [-0.4, -0.2) is 19.5 Å². The van der Waals surface area contributed by atoms with Gasteiger partial charge in [0.1, 0.15) is 6.33 Å². The van der Waals surface area contributed by atoms with Crippen LogP contribution >= 0.6 is 0 Å². The van der Waals surface area contributed by atoms with Crippen LogP contribution in [0.3, 0.4) is 0 Å². The highest BCUT2D eigenvalue weighted by Crippen LogP contribution is 2.21. The van der Waals surface area contributed by atoms with Gasteiger partial charge in [0.15, 0.2) is 17.0 Å². The van der Waals surface area contributed by atoms with Crippen molar-refractivity contribution in [3.63, 3.8) is 0 Å². The van der Waals surface area contributed by atoms with E-state index < -0.39 is 0 Å². The highest BCUT2D eigenvalue weighted by Gasteiger charge is 2.09. The van der Waals surface area contributed by atoms with Crippen molar-refractivity contribution in [3.8, 4) is 0 Å². The molecule has 0 saturated heterocycles. The second kappa shape index (κ2) is 4.68. The number of aryl methyl sites for hydroxylation is 2. The summed E-state index contributed by atoms with van der Waals surface area (Å²) in [5.41, 5.74) is 3.88. The van der Waals surface area contributed by atoms with Crippen LogP contribution in [0.2, 0.25) is 0 Å². The van der Waals surface area contributed by atoms with Crippen LogP contribution < -0.4 is 5.32 Å². The van der Waals surface area contributed by atoms with Gasteiger partial charge in [-0.15, -0.1) is 0 Å². The van der Waals surface area contributed by atoms with E-state index in [-0.39, 0.29) is 0 Å². The van der Waals surface area contributed by atoms with Crippen LogP contribution in [0, 0.1) is 6.92 Å². The van der Waals surface area contributed by atoms with Gasteiger partial charge in [-0.3, -0.25) is 0 Å². The van der Waals surface area contributed by atoms with Crippen molar-refractivity contribution < 1.29 is 0 Å². The molecule has 0 aliphatic rings. The molecule has 0 unspecified atom stereocenters. The second-order valence-electron chi connectivity index (χ2n) is 4.42. The molecule has 0 bridgehead atoms. The van der Waals surface area contributed by atoms with Gasteiger partial charge in [-0.2, -0.15) is 0 Å². The molecule has 2 heterocycles. The molecule has 96 valence electrons. The molecule has 5 heteroatoms. The van der Waals surface area contributed by atoms with Crippen LogP contribution in [-0.2, 0) is 6.54 Å². The summed E-state index contributed by atoms with van der Waals surface area (Å²) in [4.78, 5) is 12.9. The van der Waals surface area contributed by atoms with Gasteiger partial charge in [0, 0.05) is 12.2 Å². The molecule has 0 radical (unpaired) electrons. The van der Waals surface area contributed by atoms with Crippen LogP contribution in [0.15, 0.2) is 36.9 Å². The predicted octanol–water partition coefficient (Wildman–Crippen LogP) is 2.90. The number of rotatable bonds is 3. The lowest BCUT2D eigenvalue weighted by Gasteiger charge is -2.06. The molecule has 0 amide bonds. The lowest BCUT2D eigenvalue weighted by atomic mass is 10.2. The van der Waals surface area contributed by atoms with E-state index in [1.165, 1.54) is 5.56 Å². The Bertz CT molecular complexity index is 699. The zero-order valence-corrected chi connectivity index (χ0v) is 11.0. The first-order valence-electron chi connectivity index (χ1n) is 6.27. The normalized spacial score (nSPS) is 10.8. The van der Waals surface area contributed by atoms with E-state index in [0.29, 0.717) is 0 Å². The zero-order valence-electron chi connectivity index (χ0n) is 11.0. The lowest BCUT2D eigenvalue weighted by Crippen LogP contribution is -1.98. The number of aromatic nitrogens is 4. The molecular formula is C14H15N5.